The van der Waals surface area contributed by atoms with Crippen LogP contribution in [-0.2, 0) is 11.3 Å². The number of oxazole rings is 1. The fraction of sp³-hybridized carbons (Fsp3) is 0.810. The van der Waals surface area contributed by atoms with Gasteiger partial charge in [-0.3, -0.25) is 9.89 Å². The highest BCUT2D eigenvalue weighted by molar-refractivity contribution is 5.80. The Bertz CT molecular complexity index is 667. The minimum absolute atomic E-state index is 0.375. The van der Waals surface area contributed by atoms with Crippen LogP contribution in [0.2, 0.25) is 0 Å². The van der Waals surface area contributed by atoms with E-state index in [-0.39, 0.29) is 0 Å². The minimum atomic E-state index is 0.375. The van der Waals surface area contributed by atoms with Crippen LogP contribution in [0.5, 0.6) is 0 Å². The van der Waals surface area contributed by atoms with Crippen molar-refractivity contribution in [3.05, 3.63) is 17.3 Å². The van der Waals surface area contributed by atoms with E-state index in [2.05, 4.69) is 25.1 Å². The second-order valence-electron chi connectivity index (χ2n) is 8.87. The molecule has 0 amide bonds. The molecule has 3 saturated heterocycles. The van der Waals surface area contributed by atoms with Gasteiger partial charge in [0.2, 0.25) is 5.89 Å². The van der Waals surface area contributed by atoms with Gasteiger partial charge < -0.3 is 19.4 Å². The smallest absolute Gasteiger partial charge is 0.208 e. The predicted molar refractivity (Wildman–Crippen MR) is 109 cm³/mol. The summed E-state index contributed by atoms with van der Waals surface area (Å²) in [5, 5.41) is 3.65. The largest absolute Gasteiger partial charge is 0.444 e. The maximum absolute atomic E-state index is 5.74. The van der Waals surface area contributed by atoms with E-state index < -0.39 is 0 Å². The number of aromatic nitrogens is 1. The van der Waals surface area contributed by atoms with Crippen molar-refractivity contribution in [3.8, 4) is 0 Å². The van der Waals surface area contributed by atoms with Crippen LogP contribution in [0, 0.1) is 25.2 Å². The first-order valence-corrected chi connectivity index (χ1v) is 10.8. The van der Waals surface area contributed by atoms with Gasteiger partial charge in [0.05, 0.1) is 18.8 Å². The van der Waals surface area contributed by atoms with Crippen molar-refractivity contribution in [3.63, 3.8) is 0 Å². The molecule has 0 aliphatic carbocycles. The molecule has 0 radical (unpaired) electrons. The summed E-state index contributed by atoms with van der Waals surface area (Å²) in [5.41, 5.74) is 1.38. The summed E-state index contributed by atoms with van der Waals surface area (Å²) in [7, 11) is 1.90. The van der Waals surface area contributed by atoms with E-state index in [1.165, 1.54) is 25.7 Å². The van der Waals surface area contributed by atoms with Gasteiger partial charge in [0.25, 0.3) is 0 Å². The van der Waals surface area contributed by atoms with Gasteiger partial charge in [0.1, 0.15) is 5.76 Å². The summed E-state index contributed by atoms with van der Waals surface area (Å²) in [4.78, 5) is 14.0. The molecule has 1 aromatic rings. The monoisotopic (exact) mass is 389 g/mol. The Hall–Kier alpha value is -1.60. The average Bonchev–Trinajstić information content (AvgIpc) is 3.40. The molecule has 7 heteroatoms. The molecule has 3 aliphatic rings. The topological polar surface area (TPSA) is 66.1 Å². The normalized spacial score (nSPS) is 27.2. The maximum atomic E-state index is 5.74. The maximum Gasteiger partial charge on any atom is 0.208 e. The molecule has 7 nitrogen and oxygen atoms in total. The van der Waals surface area contributed by atoms with Crippen LogP contribution in [0.25, 0.3) is 0 Å². The van der Waals surface area contributed by atoms with Gasteiger partial charge in [-0.15, -0.1) is 0 Å². The number of nitrogens with zero attached hydrogens (tertiary/aromatic N) is 4. The van der Waals surface area contributed by atoms with Crippen molar-refractivity contribution in [2.24, 2.45) is 16.3 Å². The third-order valence-corrected chi connectivity index (χ3v) is 6.82. The number of hydrogen-bond donors (Lipinski definition) is 1. The van der Waals surface area contributed by atoms with Gasteiger partial charge in [-0.25, -0.2) is 4.98 Å². The summed E-state index contributed by atoms with van der Waals surface area (Å²) >= 11 is 0. The van der Waals surface area contributed by atoms with Crippen molar-refractivity contribution in [2.75, 3.05) is 53.0 Å². The van der Waals surface area contributed by atoms with E-state index in [1.807, 2.05) is 20.9 Å². The summed E-state index contributed by atoms with van der Waals surface area (Å²) in [6, 6.07) is 0. The van der Waals surface area contributed by atoms with E-state index >= 15 is 0 Å². The molecule has 1 atom stereocenters. The Kier molecular flexibility index (Phi) is 5.92. The van der Waals surface area contributed by atoms with Crippen LogP contribution in [0.3, 0.4) is 0 Å². The summed E-state index contributed by atoms with van der Waals surface area (Å²) in [6.45, 7) is 12.1. The number of piperidine rings is 1. The molecular formula is C21H35N5O2. The molecule has 28 heavy (non-hydrogen) atoms. The second kappa shape index (κ2) is 8.41. The standard InChI is InChI=1S/C21H35N5O2/c1-16-17(2)28-19(24-16)13-25-8-4-18(5-9-25)12-23-20(22-3)26-10-6-21(14-26)7-11-27-15-21/h18H,4-15H2,1-3H3,(H,22,23). The zero-order chi connectivity index (χ0) is 19.6. The Morgan fingerprint density at radius 1 is 1.25 bits per heavy atom. The SMILES string of the molecule is CN=C(NCC1CCN(Cc2nc(C)c(C)o2)CC1)N1CCC2(CCOC2)C1. The molecule has 1 aromatic heterocycles. The van der Waals surface area contributed by atoms with Crippen molar-refractivity contribution in [1.29, 1.82) is 0 Å². The highest BCUT2D eigenvalue weighted by atomic mass is 16.5. The van der Waals surface area contributed by atoms with Crippen LogP contribution in [-0.4, -0.2) is 73.7 Å². The minimum Gasteiger partial charge on any atom is -0.444 e. The molecule has 3 aliphatic heterocycles. The first kappa shape index (κ1) is 19.7. The van der Waals surface area contributed by atoms with Crippen LogP contribution in [0.1, 0.15) is 43.0 Å². The lowest BCUT2D eigenvalue weighted by Gasteiger charge is -2.32. The predicted octanol–water partition coefficient (Wildman–Crippen LogP) is 2.19. The van der Waals surface area contributed by atoms with Crippen LogP contribution < -0.4 is 5.32 Å². The summed E-state index contributed by atoms with van der Waals surface area (Å²) in [6.07, 6.45) is 4.84. The zero-order valence-electron chi connectivity index (χ0n) is 17.7. The van der Waals surface area contributed by atoms with E-state index in [4.69, 9.17) is 9.15 Å². The molecule has 0 saturated carbocycles. The highest BCUT2D eigenvalue weighted by Crippen LogP contribution is 2.38. The van der Waals surface area contributed by atoms with Crippen LogP contribution in [0.15, 0.2) is 9.41 Å². The molecule has 1 spiro atoms. The molecule has 0 bridgehead atoms. The zero-order valence-corrected chi connectivity index (χ0v) is 17.7. The Balaban J connectivity index is 1.20. The lowest BCUT2D eigenvalue weighted by atomic mass is 9.87. The lowest BCUT2D eigenvalue weighted by Crippen LogP contribution is -2.44. The first-order chi connectivity index (χ1) is 13.6. The third-order valence-electron chi connectivity index (χ3n) is 6.82. The molecule has 0 aromatic carbocycles. The van der Waals surface area contributed by atoms with Gasteiger partial charge in [-0.1, -0.05) is 0 Å². The number of aliphatic imine (C=N–C) groups is 1. The fourth-order valence-electron chi connectivity index (χ4n) is 4.80. The number of hydrogen-bond acceptors (Lipinski definition) is 5. The molecule has 4 rings (SSSR count). The number of guanidine groups is 1. The molecule has 4 heterocycles. The Morgan fingerprint density at radius 2 is 2.07 bits per heavy atom. The van der Waals surface area contributed by atoms with Crippen molar-refractivity contribution < 1.29 is 9.15 Å². The lowest BCUT2D eigenvalue weighted by molar-refractivity contribution is 0.156. The van der Waals surface area contributed by atoms with Crippen LogP contribution >= 0.6 is 0 Å². The van der Waals surface area contributed by atoms with E-state index in [1.54, 1.807) is 0 Å². The van der Waals surface area contributed by atoms with Crippen molar-refractivity contribution >= 4 is 5.96 Å². The van der Waals surface area contributed by atoms with Gasteiger partial charge in [0, 0.05) is 38.7 Å². The Labute approximate surface area is 168 Å². The van der Waals surface area contributed by atoms with Gasteiger partial charge >= 0.3 is 0 Å². The van der Waals surface area contributed by atoms with E-state index in [0.29, 0.717) is 11.3 Å². The van der Waals surface area contributed by atoms with E-state index in [0.717, 1.165) is 75.8 Å². The molecule has 1 unspecified atom stereocenters. The molecule has 1 N–H and O–H groups in total. The van der Waals surface area contributed by atoms with Crippen molar-refractivity contribution in [1.82, 2.24) is 20.1 Å². The summed E-state index contributed by atoms with van der Waals surface area (Å²) in [5.74, 6) is 3.56. The van der Waals surface area contributed by atoms with Gasteiger partial charge in [0.15, 0.2) is 5.96 Å². The average molecular weight is 390 g/mol. The molecule has 3 fully saturated rings. The van der Waals surface area contributed by atoms with E-state index in [9.17, 15) is 0 Å². The second-order valence-corrected chi connectivity index (χ2v) is 8.87. The first-order valence-electron chi connectivity index (χ1n) is 10.8. The van der Waals surface area contributed by atoms with Crippen molar-refractivity contribution in [2.45, 2.75) is 46.1 Å². The summed E-state index contributed by atoms with van der Waals surface area (Å²) < 4.78 is 11.4. The molecular weight excluding hydrogens is 354 g/mol. The third kappa shape index (κ3) is 4.35. The quantitative estimate of drug-likeness (QED) is 0.629. The number of ether oxygens (including phenoxy) is 1. The number of nitrogens with one attached hydrogen (secondary N) is 1. The van der Waals surface area contributed by atoms with Gasteiger partial charge in [-0.05, 0) is 58.5 Å². The van der Waals surface area contributed by atoms with Gasteiger partial charge in [-0.2, -0.15) is 0 Å². The highest BCUT2D eigenvalue weighted by Gasteiger charge is 2.42. The Morgan fingerprint density at radius 3 is 2.71 bits per heavy atom. The fourth-order valence-corrected chi connectivity index (χ4v) is 4.80. The number of rotatable bonds is 4. The van der Waals surface area contributed by atoms with Crippen LogP contribution in [0.4, 0.5) is 0 Å². The number of likely N-dealkylation sites (tertiary alicyclic amines) is 2. The molecule has 156 valence electrons. The number of aryl methyl sites for hydroxylation is 2.